The van der Waals surface area contributed by atoms with Gasteiger partial charge in [-0.3, -0.25) is 10.1 Å². The van der Waals surface area contributed by atoms with Gasteiger partial charge in [-0.2, -0.15) is 10.1 Å². The van der Waals surface area contributed by atoms with Crippen LogP contribution in [0.1, 0.15) is 56.7 Å². The van der Waals surface area contributed by atoms with Crippen LogP contribution in [0.5, 0.6) is 0 Å². The fourth-order valence-corrected chi connectivity index (χ4v) is 4.53. The van der Waals surface area contributed by atoms with Gasteiger partial charge in [0.1, 0.15) is 5.52 Å². The zero-order valence-electron chi connectivity index (χ0n) is 19.8. The first-order valence-electron chi connectivity index (χ1n) is 12.1. The normalized spacial score (nSPS) is 18.4. The van der Waals surface area contributed by atoms with E-state index in [1.807, 2.05) is 24.4 Å². The van der Waals surface area contributed by atoms with E-state index >= 15 is 0 Å². The van der Waals surface area contributed by atoms with E-state index in [1.165, 1.54) is 12.8 Å². The molecule has 5 rings (SSSR count). The van der Waals surface area contributed by atoms with Gasteiger partial charge < -0.3 is 16.4 Å². The van der Waals surface area contributed by atoms with Crippen molar-refractivity contribution in [3.8, 4) is 11.3 Å². The molecule has 0 saturated heterocycles. The molecule has 4 aromatic rings. The molecule has 34 heavy (non-hydrogen) atoms. The van der Waals surface area contributed by atoms with Gasteiger partial charge in [0.25, 0.3) is 0 Å². The van der Waals surface area contributed by atoms with Crippen molar-refractivity contribution in [2.45, 2.75) is 64.1 Å². The quantitative estimate of drug-likeness (QED) is 0.314. The summed E-state index contributed by atoms with van der Waals surface area (Å²) in [6.45, 7) is 4.89. The third kappa shape index (κ3) is 4.72. The van der Waals surface area contributed by atoms with Crippen molar-refractivity contribution in [3.63, 3.8) is 0 Å². The van der Waals surface area contributed by atoms with Crippen LogP contribution in [0.15, 0.2) is 48.7 Å². The number of nitrogens with one attached hydrogen (secondary N) is 3. The Bertz CT molecular complexity index is 1230. The number of nitrogens with zero attached hydrogens (tertiary/aromatic N) is 4. The van der Waals surface area contributed by atoms with Crippen LogP contribution >= 0.6 is 0 Å². The lowest BCUT2D eigenvalue weighted by atomic mass is 9.91. The van der Waals surface area contributed by atoms with Crippen molar-refractivity contribution >= 4 is 22.8 Å². The Morgan fingerprint density at radius 2 is 1.85 bits per heavy atom. The topological polar surface area (TPSA) is 117 Å². The van der Waals surface area contributed by atoms with Crippen molar-refractivity contribution in [3.05, 3.63) is 59.9 Å². The second-order valence-electron chi connectivity index (χ2n) is 9.35. The third-order valence-corrected chi connectivity index (χ3v) is 6.51. The molecule has 8 nitrogen and oxygen atoms in total. The highest BCUT2D eigenvalue weighted by atomic mass is 15.2. The van der Waals surface area contributed by atoms with Gasteiger partial charge in [-0.05, 0) is 36.5 Å². The average molecular weight is 457 g/mol. The molecule has 1 aliphatic carbocycles. The number of anilines is 2. The van der Waals surface area contributed by atoms with Gasteiger partial charge in [0.15, 0.2) is 11.3 Å². The van der Waals surface area contributed by atoms with E-state index in [0.29, 0.717) is 18.3 Å². The number of pyridine rings is 1. The van der Waals surface area contributed by atoms with Crippen LogP contribution in [0, 0.1) is 0 Å². The number of aromatic amines is 1. The molecule has 0 aliphatic heterocycles. The second-order valence-corrected chi connectivity index (χ2v) is 9.35. The number of H-pyrrole nitrogens is 1. The zero-order chi connectivity index (χ0) is 23.5. The Labute approximate surface area is 199 Å². The standard InChI is InChI=1S/C26H32N8/c1-16(2)22-23-24(34-33-22)25(32-26(31-23)30-21-9-4-3-7-19(21)27)29-15-17-10-12-18(13-11-17)20-8-5-6-14-28-20/h5-6,8,10-14,16,19,21H,3-4,7,9,15,27H2,1-2H3,(H,33,34)(H2,29,30,31,32)/t19-,21-/m1/s1. The molecule has 176 valence electrons. The first kappa shape index (κ1) is 22.3. The van der Waals surface area contributed by atoms with E-state index in [2.05, 4.69) is 63.9 Å². The molecule has 0 spiro atoms. The van der Waals surface area contributed by atoms with Gasteiger partial charge in [-0.15, -0.1) is 0 Å². The van der Waals surface area contributed by atoms with Crippen molar-refractivity contribution in [2.24, 2.45) is 5.73 Å². The molecule has 1 fully saturated rings. The van der Waals surface area contributed by atoms with E-state index in [-0.39, 0.29) is 18.0 Å². The molecule has 8 heteroatoms. The van der Waals surface area contributed by atoms with Crippen LogP contribution in [0.4, 0.5) is 11.8 Å². The molecular weight excluding hydrogens is 424 g/mol. The predicted molar refractivity (Wildman–Crippen MR) is 137 cm³/mol. The molecule has 0 amide bonds. The molecule has 5 N–H and O–H groups in total. The second kappa shape index (κ2) is 9.77. The monoisotopic (exact) mass is 456 g/mol. The summed E-state index contributed by atoms with van der Waals surface area (Å²) in [5.74, 6) is 1.59. The van der Waals surface area contributed by atoms with Crippen LogP contribution in [0.25, 0.3) is 22.3 Å². The minimum Gasteiger partial charge on any atom is -0.364 e. The number of hydrogen-bond acceptors (Lipinski definition) is 7. The molecule has 1 saturated carbocycles. The lowest BCUT2D eigenvalue weighted by Crippen LogP contribution is -2.43. The average Bonchev–Trinajstić information content (AvgIpc) is 3.29. The molecule has 1 aromatic carbocycles. The highest BCUT2D eigenvalue weighted by Crippen LogP contribution is 2.28. The summed E-state index contributed by atoms with van der Waals surface area (Å²) in [6.07, 6.45) is 6.24. The molecule has 2 atom stereocenters. The van der Waals surface area contributed by atoms with Gasteiger partial charge in [0.05, 0.1) is 11.4 Å². The Morgan fingerprint density at radius 3 is 2.59 bits per heavy atom. The van der Waals surface area contributed by atoms with E-state index in [0.717, 1.165) is 46.4 Å². The summed E-state index contributed by atoms with van der Waals surface area (Å²) in [5, 5.41) is 14.7. The number of benzene rings is 1. The van der Waals surface area contributed by atoms with Gasteiger partial charge in [0.2, 0.25) is 5.95 Å². The molecule has 0 unspecified atom stereocenters. The number of rotatable bonds is 7. The van der Waals surface area contributed by atoms with E-state index in [4.69, 9.17) is 15.7 Å². The molecule has 3 heterocycles. The van der Waals surface area contributed by atoms with Crippen LogP contribution in [-0.2, 0) is 6.54 Å². The fraction of sp³-hybridized carbons (Fsp3) is 0.385. The highest BCUT2D eigenvalue weighted by molar-refractivity contribution is 5.88. The van der Waals surface area contributed by atoms with Crippen LogP contribution in [0.2, 0.25) is 0 Å². The van der Waals surface area contributed by atoms with Crippen LogP contribution in [-0.4, -0.2) is 37.2 Å². The van der Waals surface area contributed by atoms with E-state index < -0.39 is 0 Å². The predicted octanol–water partition coefficient (Wildman–Crippen LogP) is 4.83. The van der Waals surface area contributed by atoms with Gasteiger partial charge in [-0.1, -0.05) is 57.0 Å². The lowest BCUT2D eigenvalue weighted by Gasteiger charge is -2.29. The van der Waals surface area contributed by atoms with E-state index in [1.54, 1.807) is 0 Å². The number of fused-ring (bicyclic) bond motifs is 1. The maximum atomic E-state index is 6.37. The van der Waals surface area contributed by atoms with Gasteiger partial charge >= 0.3 is 0 Å². The summed E-state index contributed by atoms with van der Waals surface area (Å²) in [6, 6.07) is 14.7. The molecule has 1 aliphatic rings. The number of hydrogen-bond donors (Lipinski definition) is 4. The Balaban J connectivity index is 1.39. The molecule has 3 aromatic heterocycles. The number of aromatic nitrogens is 5. The summed E-state index contributed by atoms with van der Waals surface area (Å²) in [5.41, 5.74) is 12.2. The first-order valence-corrected chi connectivity index (χ1v) is 12.1. The lowest BCUT2D eigenvalue weighted by molar-refractivity contribution is 0.402. The minimum absolute atomic E-state index is 0.121. The fourth-order valence-electron chi connectivity index (χ4n) is 4.53. The third-order valence-electron chi connectivity index (χ3n) is 6.51. The highest BCUT2D eigenvalue weighted by Gasteiger charge is 2.24. The van der Waals surface area contributed by atoms with Gasteiger partial charge in [0, 0.05) is 30.4 Å². The summed E-state index contributed by atoms with van der Waals surface area (Å²) in [4.78, 5) is 14.1. The smallest absolute Gasteiger partial charge is 0.225 e. The van der Waals surface area contributed by atoms with Crippen LogP contribution < -0.4 is 16.4 Å². The maximum Gasteiger partial charge on any atom is 0.225 e. The van der Waals surface area contributed by atoms with Crippen molar-refractivity contribution in [1.82, 2.24) is 25.1 Å². The Kier molecular flexibility index (Phi) is 6.40. The minimum atomic E-state index is 0.121. The maximum absolute atomic E-state index is 6.37. The largest absolute Gasteiger partial charge is 0.364 e. The van der Waals surface area contributed by atoms with Crippen molar-refractivity contribution in [2.75, 3.05) is 10.6 Å². The van der Waals surface area contributed by atoms with E-state index in [9.17, 15) is 0 Å². The Hall–Kier alpha value is -3.52. The Morgan fingerprint density at radius 1 is 1.03 bits per heavy atom. The summed E-state index contributed by atoms with van der Waals surface area (Å²) in [7, 11) is 0. The SMILES string of the molecule is CC(C)c1[nH]nc2c(NCc3ccc(-c4ccccn4)cc3)nc(N[C@@H]3CCCC[C@H]3N)nc12. The zero-order valence-corrected chi connectivity index (χ0v) is 19.8. The summed E-state index contributed by atoms with van der Waals surface area (Å²) < 4.78 is 0. The molecule has 0 radical (unpaired) electrons. The van der Waals surface area contributed by atoms with Crippen molar-refractivity contribution < 1.29 is 0 Å². The summed E-state index contributed by atoms with van der Waals surface area (Å²) >= 11 is 0. The number of nitrogens with two attached hydrogens (primary N) is 1. The molecular formula is C26H32N8. The molecule has 0 bridgehead atoms. The van der Waals surface area contributed by atoms with Crippen molar-refractivity contribution in [1.29, 1.82) is 0 Å². The van der Waals surface area contributed by atoms with Gasteiger partial charge in [-0.25, -0.2) is 4.98 Å². The first-order chi connectivity index (χ1) is 16.6. The van der Waals surface area contributed by atoms with Crippen LogP contribution in [0.3, 0.4) is 0 Å².